The van der Waals surface area contributed by atoms with Crippen molar-refractivity contribution in [2.24, 2.45) is 0 Å². The van der Waals surface area contributed by atoms with Gasteiger partial charge in [0.15, 0.2) is 0 Å². The Balaban J connectivity index is 1.77. The number of anilines is 2. The molecule has 0 spiro atoms. The average molecular weight is 392 g/mol. The van der Waals surface area contributed by atoms with Crippen molar-refractivity contribution < 1.29 is 14.3 Å². The van der Waals surface area contributed by atoms with Gasteiger partial charge >= 0.3 is 0 Å². The third kappa shape index (κ3) is 4.51. The number of halogens is 2. The van der Waals surface area contributed by atoms with Crippen LogP contribution < -0.4 is 15.5 Å². The summed E-state index contributed by atoms with van der Waals surface area (Å²) >= 11 is 5.87. The van der Waals surface area contributed by atoms with Crippen molar-refractivity contribution in [2.75, 3.05) is 29.9 Å². The average Bonchev–Trinajstić information content (AvgIpc) is 2.66. The molecule has 1 aliphatic rings. The Bertz CT molecular complexity index is 825. The lowest BCUT2D eigenvalue weighted by molar-refractivity contribution is 0.102. The monoisotopic (exact) mass is 391 g/mol. The third-order valence-corrected chi connectivity index (χ3v) is 5.04. The third-order valence-electron chi connectivity index (χ3n) is 4.81. The molecular formula is C20H23ClFN3O2. The van der Waals surface area contributed by atoms with E-state index in [1.807, 2.05) is 6.92 Å². The lowest BCUT2D eigenvalue weighted by Gasteiger charge is -2.36. The van der Waals surface area contributed by atoms with Gasteiger partial charge in [-0.3, -0.25) is 4.79 Å². The maximum Gasteiger partial charge on any atom is 0.259 e. The van der Waals surface area contributed by atoms with Crippen LogP contribution in [0.5, 0.6) is 5.75 Å². The summed E-state index contributed by atoms with van der Waals surface area (Å²) < 4.78 is 14.8. The number of nitrogens with one attached hydrogen (secondary N) is 2. The van der Waals surface area contributed by atoms with E-state index in [2.05, 4.69) is 15.5 Å². The van der Waals surface area contributed by atoms with Crippen molar-refractivity contribution in [1.29, 1.82) is 0 Å². The van der Waals surface area contributed by atoms with E-state index in [1.165, 1.54) is 24.3 Å². The molecule has 1 heterocycles. The van der Waals surface area contributed by atoms with E-state index in [4.69, 9.17) is 11.6 Å². The van der Waals surface area contributed by atoms with Crippen molar-refractivity contribution >= 4 is 28.9 Å². The summed E-state index contributed by atoms with van der Waals surface area (Å²) in [4.78, 5) is 14.4. The van der Waals surface area contributed by atoms with Gasteiger partial charge in [-0.25, -0.2) is 4.39 Å². The summed E-state index contributed by atoms with van der Waals surface area (Å²) in [5.41, 5.74) is 0.895. The standard InChI is InChI=1S/C20H23ClFN3O2/c1-2-25(15-7-9-23-10-8-15)18-5-4-14(12-17(18)22)24-20(27)16-11-13(21)3-6-19(16)26/h3-6,11-12,15,23,26H,2,7-10H2,1H3,(H,24,27). The molecular weight excluding hydrogens is 369 g/mol. The number of rotatable bonds is 5. The quantitative estimate of drug-likeness (QED) is 0.720. The molecule has 1 fully saturated rings. The fourth-order valence-corrected chi connectivity index (χ4v) is 3.62. The number of phenolic OH excluding ortho intramolecular Hbond substituents is 1. The first-order chi connectivity index (χ1) is 13.0. The second kappa shape index (κ2) is 8.59. The van der Waals surface area contributed by atoms with E-state index in [-0.39, 0.29) is 17.1 Å². The Hall–Kier alpha value is -2.31. The fourth-order valence-electron chi connectivity index (χ4n) is 3.45. The number of carbonyl (C=O) groups is 1. The molecule has 144 valence electrons. The number of hydrogen-bond acceptors (Lipinski definition) is 4. The van der Waals surface area contributed by atoms with Gasteiger partial charge in [0.05, 0.1) is 11.3 Å². The lowest BCUT2D eigenvalue weighted by Crippen LogP contribution is -2.43. The largest absolute Gasteiger partial charge is 0.507 e. The second-order valence-electron chi connectivity index (χ2n) is 6.55. The van der Waals surface area contributed by atoms with E-state index >= 15 is 0 Å². The number of nitrogens with zero attached hydrogens (tertiary/aromatic N) is 1. The zero-order chi connectivity index (χ0) is 19.4. The topological polar surface area (TPSA) is 64.6 Å². The van der Waals surface area contributed by atoms with Crippen molar-refractivity contribution in [1.82, 2.24) is 5.32 Å². The summed E-state index contributed by atoms with van der Waals surface area (Å²) in [6, 6.07) is 9.16. The predicted octanol–water partition coefficient (Wildman–Crippen LogP) is 4.02. The number of aromatic hydroxyl groups is 1. The SMILES string of the molecule is CCN(c1ccc(NC(=O)c2cc(Cl)ccc2O)cc1F)C1CCNCC1. The first-order valence-electron chi connectivity index (χ1n) is 9.06. The smallest absolute Gasteiger partial charge is 0.259 e. The van der Waals surface area contributed by atoms with Crippen LogP contribution in [0.15, 0.2) is 36.4 Å². The lowest BCUT2D eigenvalue weighted by atomic mass is 10.0. The first kappa shape index (κ1) is 19.5. The molecule has 7 heteroatoms. The van der Waals surface area contributed by atoms with Gasteiger partial charge in [0.1, 0.15) is 11.6 Å². The molecule has 5 nitrogen and oxygen atoms in total. The highest BCUT2D eigenvalue weighted by atomic mass is 35.5. The van der Waals surface area contributed by atoms with Crippen LogP contribution in [0.1, 0.15) is 30.1 Å². The van der Waals surface area contributed by atoms with E-state index in [1.54, 1.807) is 12.1 Å². The Labute approximate surface area is 163 Å². The molecule has 1 aliphatic heterocycles. The van der Waals surface area contributed by atoms with Crippen LogP contribution >= 0.6 is 11.6 Å². The minimum absolute atomic E-state index is 0.0388. The van der Waals surface area contributed by atoms with Gasteiger partial charge in [0.2, 0.25) is 0 Å². The summed E-state index contributed by atoms with van der Waals surface area (Å²) in [7, 11) is 0. The molecule has 3 rings (SSSR count). The second-order valence-corrected chi connectivity index (χ2v) is 6.99. The molecule has 0 unspecified atom stereocenters. The van der Waals surface area contributed by atoms with Crippen LogP contribution in [-0.2, 0) is 0 Å². The molecule has 1 amide bonds. The van der Waals surface area contributed by atoms with E-state index in [0.717, 1.165) is 25.9 Å². The van der Waals surface area contributed by atoms with Crippen LogP contribution in [0.25, 0.3) is 0 Å². The van der Waals surface area contributed by atoms with Gasteiger partial charge < -0.3 is 20.6 Å². The van der Waals surface area contributed by atoms with Gasteiger partial charge in [-0.05, 0) is 69.3 Å². The molecule has 0 aromatic heterocycles. The summed E-state index contributed by atoms with van der Waals surface area (Å²) in [6.07, 6.45) is 1.94. The molecule has 2 aromatic rings. The molecule has 27 heavy (non-hydrogen) atoms. The van der Waals surface area contributed by atoms with Gasteiger partial charge in [-0.2, -0.15) is 0 Å². The highest BCUT2D eigenvalue weighted by Gasteiger charge is 2.22. The molecule has 2 aromatic carbocycles. The van der Waals surface area contributed by atoms with Crippen LogP contribution in [0, 0.1) is 5.82 Å². The summed E-state index contributed by atoms with van der Waals surface area (Å²) in [5, 5.41) is 16.1. The van der Waals surface area contributed by atoms with E-state index in [9.17, 15) is 14.3 Å². The van der Waals surface area contributed by atoms with Crippen molar-refractivity contribution in [2.45, 2.75) is 25.8 Å². The number of amides is 1. The molecule has 0 bridgehead atoms. The highest BCUT2D eigenvalue weighted by Crippen LogP contribution is 2.28. The normalized spacial score (nSPS) is 14.8. The predicted molar refractivity (Wildman–Crippen MR) is 106 cm³/mol. The maximum absolute atomic E-state index is 14.8. The van der Waals surface area contributed by atoms with Gasteiger partial charge in [0.25, 0.3) is 5.91 Å². The van der Waals surface area contributed by atoms with Gasteiger partial charge in [0, 0.05) is 23.3 Å². The molecule has 3 N–H and O–H groups in total. The fraction of sp³-hybridized carbons (Fsp3) is 0.350. The Morgan fingerprint density at radius 3 is 2.70 bits per heavy atom. The molecule has 0 aliphatic carbocycles. The molecule has 0 radical (unpaired) electrons. The highest BCUT2D eigenvalue weighted by molar-refractivity contribution is 6.31. The van der Waals surface area contributed by atoms with Gasteiger partial charge in [-0.15, -0.1) is 0 Å². The number of phenols is 1. The number of benzene rings is 2. The Kier molecular flexibility index (Phi) is 6.19. The number of piperidine rings is 1. The van der Waals surface area contributed by atoms with Gasteiger partial charge in [-0.1, -0.05) is 11.6 Å². The molecule has 1 saturated heterocycles. The number of carbonyl (C=O) groups excluding carboxylic acids is 1. The summed E-state index contributed by atoms with van der Waals surface area (Å²) in [6.45, 7) is 4.59. The zero-order valence-electron chi connectivity index (χ0n) is 15.1. The minimum Gasteiger partial charge on any atom is -0.507 e. The van der Waals surface area contributed by atoms with Crippen molar-refractivity contribution in [3.05, 3.63) is 52.8 Å². The van der Waals surface area contributed by atoms with E-state index < -0.39 is 5.91 Å². The zero-order valence-corrected chi connectivity index (χ0v) is 15.9. The van der Waals surface area contributed by atoms with E-state index in [0.29, 0.717) is 29.0 Å². The first-order valence-corrected chi connectivity index (χ1v) is 9.44. The maximum atomic E-state index is 14.8. The van der Waals surface area contributed by atoms with Crippen LogP contribution in [0.2, 0.25) is 5.02 Å². The Morgan fingerprint density at radius 1 is 1.30 bits per heavy atom. The van der Waals surface area contributed by atoms with Crippen LogP contribution in [-0.4, -0.2) is 36.7 Å². The minimum atomic E-state index is -0.548. The van der Waals surface area contributed by atoms with Crippen LogP contribution in [0.3, 0.4) is 0 Å². The Morgan fingerprint density at radius 2 is 2.04 bits per heavy atom. The summed E-state index contributed by atoms with van der Waals surface area (Å²) in [5.74, 6) is -1.12. The molecule has 0 saturated carbocycles. The molecule has 0 atom stereocenters. The van der Waals surface area contributed by atoms with Crippen LogP contribution in [0.4, 0.5) is 15.8 Å². The van der Waals surface area contributed by atoms with Crippen molar-refractivity contribution in [3.63, 3.8) is 0 Å². The van der Waals surface area contributed by atoms with Crippen molar-refractivity contribution in [3.8, 4) is 5.75 Å². The number of hydrogen-bond donors (Lipinski definition) is 3.